The molecule has 0 saturated carbocycles. The van der Waals surface area contributed by atoms with Crippen LogP contribution in [0.3, 0.4) is 0 Å². The number of hydrogen-bond donors (Lipinski definition) is 1. The molecule has 0 atom stereocenters. The highest BCUT2D eigenvalue weighted by molar-refractivity contribution is 5.25. The topological polar surface area (TPSA) is 21.3 Å². The number of rotatable bonds is 6. The summed E-state index contributed by atoms with van der Waals surface area (Å²) in [5.74, 6) is -1.27. The van der Waals surface area contributed by atoms with Crippen LogP contribution in [-0.4, -0.2) is 19.7 Å². The molecule has 0 saturated heterocycles. The summed E-state index contributed by atoms with van der Waals surface area (Å²) < 4.78 is 30.9. The maximum absolute atomic E-state index is 13.1. The predicted octanol–water partition coefficient (Wildman–Crippen LogP) is 2.51. The summed E-state index contributed by atoms with van der Waals surface area (Å²) in [6.45, 7) is 7.43. The van der Waals surface area contributed by atoms with Crippen LogP contribution in [0.15, 0.2) is 30.4 Å². The lowest BCUT2D eigenvalue weighted by Gasteiger charge is -2.09. The Morgan fingerprint density at radius 1 is 1.44 bits per heavy atom. The monoisotopic (exact) mass is 227 g/mol. The molecule has 0 aliphatic heterocycles. The quantitative estimate of drug-likeness (QED) is 0.754. The van der Waals surface area contributed by atoms with E-state index >= 15 is 0 Å². The highest BCUT2D eigenvalue weighted by Gasteiger charge is 2.05. The van der Waals surface area contributed by atoms with Crippen LogP contribution < -0.4 is 10.1 Å². The van der Waals surface area contributed by atoms with Crippen molar-refractivity contribution in [1.29, 1.82) is 0 Å². The first-order chi connectivity index (χ1) is 7.63. The van der Waals surface area contributed by atoms with Crippen molar-refractivity contribution in [2.45, 2.75) is 6.92 Å². The van der Waals surface area contributed by atoms with Crippen molar-refractivity contribution >= 4 is 0 Å². The van der Waals surface area contributed by atoms with E-state index in [0.717, 1.165) is 24.3 Å². The smallest absolute Gasteiger partial charge is 0.167 e. The van der Waals surface area contributed by atoms with Crippen LogP contribution in [0, 0.1) is 11.6 Å². The SMILES string of the molecule is C=C(CNCC)COc1ccc(F)cc1F. The highest BCUT2D eigenvalue weighted by Crippen LogP contribution is 2.17. The van der Waals surface area contributed by atoms with E-state index in [1.54, 1.807) is 0 Å². The van der Waals surface area contributed by atoms with Gasteiger partial charge in [-0.25, -0.2) is 8.78 Å². The lowest BCUT2D eigenvalue weighted by Crippen LogP contribution is -2.19. The molecule has 88 valence electrons. The molecule has 16 heavy (non-hydrogen) atoms. The third kappa shape index (κ3) is 3.98. The summed E-state index contributed by atoms with van der Waals surface area (Å²) in [4.78, 5) is 0. The Kier molecular flexibility index (Phi) is 4.92. The predicted molar refractivity (Wildman–Crippen MR) is 59.5 cm³/mol. The van der Waals surface area contributed by atoms with Crippen LogP contribution in [0.4, 0.5) is 8.78 Å². The van der Waals surface area contributed by atoms with E-state index < -0.39 is 11.6 Å². The summed E-state index contributed by atoms with van der Waals surface area (Å²) in [5, 5.41) is 3.07. The molecule has 1 aromatic carbocycles. The van der Waals surface area contributed by atoms with Crippen molar-refractivity contribution in [3.63, 3.8) is 0 Å². The third-order valence-electron chi connectivity index (χ3n) is 1.95. The van der Waals surface area contributed by atoms with Gasteiger partial charge in [0.1, 0.15) is 12.4 Å². The summed E-state index contributed by atoms with van der Waals surface area (Å²) in [6.07, 6.45) is 0. The molecule has 0 aliphatic carbocycles. The fourth-order valence-electron chi connectivity index (χ4n) is 1.12. The van der Waals surface area contributed by atoms with Crippen LogP contribution in [0.2, 0.25) is 0 Å². The molecule has 1 N–H and O–H groups in total. The van der Waals surface area contributed by atoms with Gasteiger partial charge in [0, 0.05) is 12.6 Å². The van der Waals surface area contributed by atoms with Crippen molar-refractivity contribution in [2.24, 2.45) is 0 Å². The van der Waals surface area contributed by atoms with Gasteiger partial charge >= 0.3 is 0 Å². The Morgan fingerprint density at radius 3 is 2.81 bits per heavy atom. The molecule has 4 heteroatoms. The molecule has 2 nitrogen and oxygen atoms in total. The van der Waals surface area contributed by atoms with Gasteiger partial charge in [-0.1, -0.05) is 13.5 Å². The van der Waals surface area contributed by atoms with Gasteiger partial charge in [-0.05, 0) is 24.3 Å². The number of halogens is 2. The highest BCUT2D eigenvalue weighted by atomic mass is 19.1. The van der Waals surface area contributed by atoms with Crippen molar-refractivity contribution in [3.8, 4) is 5.75 Å². The second-order valence-corrected chi connectivity index (χ2v) is 3.39. The average Bonchev–Trinajstić information content (AvgIpc) is 2.25. The van der Waals surface area contributed by atoms with Crippen LogP contribution >= 0.6 is 0 Å². The second-order valence-electron chi connectivity index (χ2n) is 3.39. The van der Waals surface area contributed by atoms with E-state index in [0.29, 0.717) is 6.54 Å². The normalized spacial score (nSPS) is 10.2. The maximum atomic E-state index is 13.1. The van der Waals surface area contributed by atoms with Gasteiger partial charge in [0.05, 0.1) is 0 Å². The molecule has 0 amide bonds. The van der Waals surface area contributed by atoms with Crippen LogP contribution in [-0.2, 0) is 0 Å². The molecule has 0 aliphatic rings. The van der Waals surface area contributed by atoms with E-state index in [1.807, 2.05) is 6.92 Å². The van der Waals surface area contributed by atoms with Crippen LogP contribution in [0.1, 0.15) is 6.92 Å². The van der Waals surface area contributed by atoms with Gasteiger partial charge in [0.25, 0.3) is 0 Å². The molecule has 0 spiro atoms. The lowest BCUT2D eigenvalue weighted by molar-refractivity contribution is 0.328. The third-order valence-corrected chi connectivity index (χ3v) is 1.95. The van der Waals surface area contributed by atoms with Gasteiger partial charge in [-0.3, -0.25) is 0 Å². The Balaban J connectivity index is 2.45. The molecule has 0 bridgehead atoms. The van der Waals surface area contributed by atoms with Gasteiger partial charge in [-0.15, -0.1) is 0 Å². The van der Waals surface area contributed by atoms with Crippen LogP contribution in [0.25, 0.3) is 0 Å². The van der Waals surface area contributed by atoms with Gasteiger partial charge in [0.15, 0.2) is 11.6 Å². The van der Waals surface area contributed by atoms with E-state index in [1.165, 1.54) is 6.07 Å². The number of benzene rings is 1. The average molecular weight is 227 g/mol. The summed E-state index contributed by atoms with van der Waals surface area (Å²) in [5.41, 5.74) is 0.811. The zero-order valence-electron chi connectivity index (χ0n) is 9.22. The van der Waals surface area contributed by atoms with Crippen LogP contribution in [0.5, 0.6) is 5.75 Å². The van der Waals surface area contributed by atoms with E-state index in [9.17, 15) is 8.78 Å². The Hall–Kier alpha value is -1.42. The summed E-state index contributed by atoms with van der Waals surface area (Å²) >= 11 is 0. The molecule has 1 aromatic rings. The first-order valence-corrected chi connectivity index (χ1v) is 5.08. The van der Waals surface area contributed by atoms with E-state index in [-0.39, 0.29) is 12.4 Å². The number of nitrogens with one attached hydrogen (secondary N) is 1. The molecule has 0 radical (unpaired) electrons. The maximum Gasteiger partial charge on any atom is 0.167 e. The fourth-order valence-corrected chi connectivity index (χ4v) is 1.12. The fraction of sp³-hybridized carbons (Fsp3) is 0.333. The van der Waals surface area contributed by atoms with Crippen molar-refractivity contribution in [2.75, 3.05) is 19.7 Å². The minimum absolute atomic E-state index is 0.0408. The van der Waals surface area contributed by atoms with Gasteiger partial charge in [-0.2, -0.15) is 0 Å². The van der Waals surface area contributed by atoms with E-state index in [2.05, 4.69) is 11.9 Å². The minimum atomic E-state index is -0.698. The Bertz CT molecular complexity index is 366. The molecular formula is C12H15F2NO. The Morgan fingerprint density at radius 2 is 2.19 bits per heavy atom. The zero-order chi connectivity index (χ0) is 12.0. The van der Waals surface area contributed by atoms with Gasteiger partial charge in [0.2, 0.25) is 0 Å². The molecule has 0 heterocycles. The molecule has 0 aromatic heterocycles. The molecular weight excluding hydrogens is 212 g/mol. The first kappa shape index (κ1) is 12.6. The van der Waals surface area contributed by atoms with Gasteiger partial charge < -0.3 is 10.1 Å². The standard InChI is InChI=1S/C12H15F2NO/c1-3-15-7-9(2)8-16-12-5-4-10(13)6-11(12)14/h4-6,15H,2-3,7-8H2,1H3. The number of ether oxygens (including phenoxy) is 1. The lowest BCUT2D eigenvalue weighted by atomic mass is 10.3. The Labute approximate surface area is 93.9 Å². The molecule has 1 rings (SSSR count). The number of hydrogen-bond acceptors (Lipinski definition) is 2. The minimum Gasteiger partial charge on any atom is -0.486 e. The summed E-state index contributed by atoms with van der Waals surface area (Å²) in [6, 6.07) is 3.22. The molecule has 0 unspecified atom stereocenters. The molecule has 0 fully saturated rings. The van der Waals surface area contributed by atoms with E-state index in [4.69, 9.17) is 4.74 Å². The second kappa shape index (κ2) is 6.23. The zero-order valence-corrected chi connectivity index (χ0v) is 9.22. The van der Waals surface area contributed by atoms with Crippen molar-refractivity contribution in [3.05, 3.63) is 42.0 Å². The summed E-state index contributed by atoms with van der Waals surface area (Å²) in [7, 11) is 0. The number of likely N-dealkylation sites (N-methyl/N-ethyl adjacent to an activating group) is 1. The van der Waals surface area contributed by atoms with Crippen molar-refractivity contribution in [1.82, 2.24) is 5.32 Å². The largest absolute Gasteiger partial charge is 0.486 e. The first-order valence-electron chi connectivity index (χ1n) is 5.08. The van der Waals surface area contributed by atoms with Crippen molar-refractivity contribution < 1.29 is 13.5 Å².